The van der Waals surface area contributed by atoms with Crippen molar-refractivity contribution in [3.05, 3.63) is 28.2 Å². The SMILES string of the molecule is CNCc1ccc(N(C)CC2CCN(C)C2)c(Br)c1. The molecule has 1 heterocycles. The lowest BCUT2D eigenvalue weighted by molar-refractivity contribution is 0.396. The molecule has 1 aromatic rings. The summed E-state index contributed by atoms with van der Waals surface area (Å²) in [4.78, 5) is 4.79. The smallest absolute Gasteiger partial charge is 0.0508 e. The van der Waals surface area contributed by atoms with Crippen LogP contribution in [0.1, 0.15) is 12.0 Å². The lowest BCUT2D eigenvalue weighted by Gasteiger charge is -2.24. The normalized spacial score (nSPS) is 19.9. The second-order valence-electron chi connectivity index (χ2n) is 5.61. The molecule has 1 fully saturated rings. The molecule has 0 amide bonds. The van der Waals surface area contributed by atoms with E-state index in [1.807, 2.05) is 7.05 Å². The molecule has 0 bridgehead atoms. The van der Waals surface area contributed by atoms with Crippen molar-refractivity contribution in [2.24, 2.45) is 5.92 Å². The van der Waals surface area contributed by atoms with Crippen LogP contribution in [-0.2, 0) is 6.54 Å². The van der Waals surface area contributed by atoms with Gasteiger partial charge in [-0.3, -0.25) is 0 Å². The Hall–Kier alpha value is -0.580. The van der Waals surface area contributed by atoms with Gasteiger partial charge in [0.25, 0.3) is 0 Å². The molecule has 1 N–H and O–H groups in total. The van der Waals surface area contributed by atoms with Crippen molar-refractivity contribution >= 4 is 21.6 Å². The highest BCUT2D eigenvalue weighted by Crippen LogP contribution is 2.28. The molecule has 1 aliphatic rings. The van der Waals surface area contributed by atoms with E-state index in [1.54, 1.807) is 0 Å². The Bertz CT molecular complexity index is 422. The molecule has 3 nitrogen and oxygen atoms in total. The summed E-state index contributed by atoms with van der Waals surface area (Å²) >= 11 is 3.70. The number of likely N-dealkylation sites (tertiary alicyclic amines) is 1. The van der Waals surface area contributed by atoms with Crippen LogP contribution in [0.2, 0.25) is 0 Å². The average molecular weight is 326 g/mol. The Kier molecular flexibility index (Phi) is 5.25. The van der Waals surface area contributed by atoms with Crippen LogP contribution in [0.4, 0.5) is 5.69 Å². The van der Waals surface area contributed by atoms with E-state index in [0.717, 1.165) is 19.0 Å². The van der Waals surface area contributed by atoms with Gasteiger partial charge in [0, 0.05) is 31.2 Å². The number of hydrogen-bond acceptors (Lipinski definition) is 3. The quantitative estimate of drug-likeness (QED) is 0.897. The van der Waals surface area contributed by atoms with Crippen LogP contribution in [0.15, 0.2) is 22.7 Å². The first-order chi connectivity index (χ1) is 9.10. The zero-order valence-electron chi connectivity index (χ0n) is 12.1. The summed E-state index contributed by atoms with van der Waals surface area (Å²) in [5.41, 5.74) is 2.60. The molecule has 1 unspecified atom stereocenters. The van der Waals surface area contributed by atoms with E-state index < -0.39 is 0 Å². The van der Waals surface area contributed by atoms with Gasteiger partial charge in [-0.2, -0.15) is 0 Å². The maximum Gasteiger partial charge on any atom is 0.0508 e. The number of nitrogens with zero attached hydrogens (tertiary/aromatic N) is 2. The summed E-state index contributed by atoms with van der Waals surface area (Å²) in [7, 11) is 6.38. The molecule has 0 aromatic heterocycles. The zero-order chi connectivity index (χ0) is 13.8. The minimum Gasteiger partial charge on any atom is -0.373 e. The number of nitrogens with one attached hydrogen (secondary N) is 1. The highest BCUT2D eigenvalue weighted by molar-refractivity contribution is 9.10. The van der Waals surface area contributed by atoms with Crippen LogP contribution in [-0.4, -0.2) is 45.7 Å². The monoisotopic (exact) mass is 325 g/mol. The van der Waals surface area contributed by atoms with Crippen molar-refractivity contribution in [3.63, 3.8) is 0 Å². The lowest BCUT2D eigenvalue weighted by Crippen LogP contribution is -2.27. The highest BCUT2D eigenvalue weighted by Gasteiger charge is 2.21. The van der Waals surface area contributed by atoms with E-state index in [1.165, 1.54) is 35.2 Å². The molecule has 106 valence electrons. The van der Waals surface area contributed by atoms with Crippen LogP contribution >= 0.6 is 15.9 Å². The topological polar surface area (TPSA) is 18.5 Å². The second kappa shape index (κ2) is 6.73. The minimum absolute atomic E-state index is 0.791. The van der Waals surface area contributed by atoms with E-state index in [-0.39, 0.29) is 0 Å². The van der Waals surface area contributed by atoms with E-state index in [0.29, 0.717) is 0 Å². The summed E-state index contributed by atoms with van der Waals surface area (Å²) in [6.45, 7) is 4.50. The molecule has 1 saturated heterocycles. The summed E-state index contributed by atoms with van der Waals surface area (Å²) < 4.78 is 1.19. The van der Waals surface area contributed by atoms with Crippen molar-refractivity contribution in [3.8, 4) is 0 Å². The van der Waals surface area contributed by atoms with Crippen molar-refractivity contribution in [2.75, 3.05) is 45.7 Å². The Morgan fingerprint density at radius 3 is 2.84 bits per heavy atom. The van der Waals surface area contributed by atoms with Crippen LogP contribution < -0.4 is 10.2 Å². The van der Waals surface area contributed by atoms with Gasteiger partial charge in [0.05, 0.1) is 5.69 Å². The first-order valence-electron chi connectivity index (χ1n) is 6.93. The van der Waals surface area contributed by atoms with Gasteiger partial charge in [-0.25, -0.2) is 0 Å². The predicted octanol–water partition coefficient (Wildman–Crippen LogP) is 2.56. The maximum absolute atomic E-state index is 3.70. The number of halogens is 1. The fourth-order valence-corrected chi connectivity index (χ4v) is 3.56. The third kappa shape index (κ3) is 3.94. The van der Waals surface area contributed by atoms with Crippen LogP contribution in [0.5, 0.6) is 0 Å². The van der Waals surface area contributed by atoms with Crippen LogP contribution in [0.25, 0.3) is 0 Å². The van der Waals surface area contributed by atoms with E-state index in [9.17, 15) is 0 Å². The first-order valence-corrected chi connectivity index (χ1v) is 7.72. The second-order valence-corrected chi connectivity index (χ2v) is 6.47. The van der Waals surface area contributed by atoms with E-state index in [4.69, 9.17) is 0 Å². The van der Waals surface area contributed by atoms with E-state index >= 15 is 0 Å². The molecule has 19 heavy (non-hydrogen) atoms. The molecule has 1 aliphatic heterocycles. The van der Waals surface area contributed by atoms with Crippen molar-refractivity contribution in [1.82, 2.24) is 10.2 Å². The van der Waals surface area contributed by atoms with Gasteiger partial charge in [-0.15, -0.1) is 0 Å². The molecule has 2 rings (SSSR count). The minimum atomic E-state index is 0.791. The number of anilines is 1. The van der Waals surface area contributed by atoms with Gasteiger partial charge in [0.2, 0.25) is 0 Å². The van der Waals surface area contributed by atoms with Gasteiger partial charge in [-0.05, 0) is 66.6 Å². The lowest BCUT2D eigenvalue weighted by atomic mass is 10.1. The molecule has 0 aliphatic carbocycles. The van der Waals surface area contributed by atoms with Crippen molar-refractivity contribution < 1.29 is 0 Å². The number of benzene rings is 1. The van der Waals surface area contributed by atoms with Gasteiger partial charge in [0.15, 0.2) is 0 Å². The third-order valence-corrected chi connectivity index (χ3v) is 4.46. The standard InChI is InChI=1S/C15H24BrN3/c1-17-9-12-4-5-15(14(16)8-12)19(3)11-13-6-7-18(2)10-13/h4-5,8,13,17H,6-7,9-11H2,1-3H3. The number of hydrogen-bond donors (Lipinski definition) is 1. The van der Waals surface area contributed by atoms with E-state index in [2.05, 4.69) is 63.3 Å². The molecule has 0 radical (unpaired) electrons. The third-order valence-electron chi connectivity index (χ3n) is 3.83. The molecule has 4 heteroatoms. The molecular formula is C15H24BrN3. The van der Waals surface area contributed by atoms with Gasteiger partial charge < -0.3 is 15.1 Å². The van der Waals surface area contributed by atoms with Gasteiger partial charge in [-0.1, -0.05) is 6.07 Å². The predicted molar refractivity (Wildman–Crippen MR) is 85.8 cm³/mol. The highest BCUT2D eigenvalue weighted by atomic mass is 79.9. The zero-order valence-corrected chi connectivity index (χ0v) is 13.7. The van der Waals surface area contributed by atoms with Crippen molar-refractivity contribution in [2.45, 2.75) is 13.0 Å². The van der Waals surface area contributed by atoms with Crippen LogP contribution in [0, 0.1) is 5.92 Å². The Balaban J connectivity index is 2.00. The van der Waals surface area contributed by atoms with Crippen LogP contribution in [0.3, 0.4) is 0 Å². The molecule has 1 atom stereocenters. The summed E-state index contributed by atoms with van der Waals surface area (Å²) in [5.74, 6) is 0.791. The first kappa shape index (κ1) is 14.8. The molecule has 0 saturated carbocycles. The Morgan fingerprint density at radius 1 is 1.47 bits per heavy atom. The fourth-order valence-electron chi connectivity index (χ4n) is 2.84. The largest absolute Gasteiger partial charge is 0.373 e. The molecule has 1 aromatic carbocycles. The summed E-state index contributed by atoms with van der Waals surface area (Å²) in [6.07, 6.45) is 1.32. The number of rotatable bonds is 5. The molecule has 0 spiro atoms. The summed E-state index contributed by atoms with van der Waals surface area (Å²) in [5, 5.41) is 3.18. The van der Waals surface area contributed by atoms with Crippen molar-refractivity contribution in [1.29, 1.82) is 0 Å². The summed E-state index contributed by atoms with van der Waals surface area (Å²) in [6, 6.07) is 6.63. The maximum atomic E-state index is 3.70. The van der Waals surface area contributed by atoms with Gasteiger partial charge in [0.1, 0.15) is 0 Å². The fraction of sp³-hybridized carbons (Fsp3) is 0.600. The average Bonchev–Trinajstić information content (AvgIpc) is 2.75. The Labute approximate surface area is 125 Å². The van der Waals surface area contributed by atoms with Gasteiger partial charge >= 0.3 is 0 Å². The molecular weight excluding hydrogens is 302 g/mol. The Morgan fingerprint density at radius 2 is 2.26 bits per heavy atom.